The fourth-order valence-corrected chi connectivity index (χ4v) is 1.19. The van der Waals surface area contributed by atoms with Gasteiger partial charge in [0.25, 0.3) is 0 Å². The Morgan fingerprint density at radius 2 is 2.00 bits per heavy atom. The van der Waals surface area contributed by atoms with E-state index in [1.54, 1.807) is 12.1 Å². The van der Waals surface area contributed by atoms with Gasteiger partial charge < -0.3 is 21.5 Å². The van der Waals surface area contributed by atoms with Crippen LogP contribution in [0.4, 0.5) is 5.69 Å². The van der Waals surface area contributed by atoms with E-state index >= 15 is 0 Å². The predicted molar refractivity (Wildman–Crippen MR) is 53.3 cm³/mol. The third-order valence-corrected chi connectivity index (χ3v) is 2.10. The first-order chi connectivity index (χ1) is 6.06. The molecule has 0 saturated carbocycles. The Kier molecular flexibility index (Phi) is 2.92. The van der Waals surface area contributed by atoms with E-state index in [9.17, 15) is 0 Å². The van der Waals surface area contributed by atoms with Crippen LogP contribution in [-0.4, -0.2) is 17.2 Å². The van der Waals surface area contributed by atoms with Crippen molar-refractivity contribution in [3.63, 3.8) is 0 Å². The summed E-state index contributed by atoms with van der Waals surface area (Å²) in [4.78, 5) is 0. The molecule has 0 aliphatic heterocycles. The van der Waals surface area contributed by atoms with Crippen LogP contribution in [-0.2, 0) is 6.54 Å². The van der Waals surface area contributed by atoms with Crippen LogP contribution in [0, 0.1) is 6.92 Å². The van der Waals surface area contributed by atoms with Crippen LogP contribution in [0.3, 0.4) is 0 Å². The van der Waals surface area contributed by atoms with Gasteiger partial charge in [-0.25, -0.2) is 0 Å². The molecule has 0 heterocycles. The number of hydrogen-bond donors (Lipinski definition) is 4. The fraction of sp³-hybridized carbons (Fsp3) is 0.250. The molecular formula is C8H13BN2O2. The smallest absolute Gasteiger partial charge is 0.423 e. The maximum absolute atomic E-state index is 8.92. The highest BCUT2D eigenvalue weighted by Crippen LogP contribution is 2.13. The average molecular weight is 180 g/mol. The second kappa shape index (κ2) is 3.78. The zero-order valence-electron chi connectivity index (χ0n) is 7.49. The van der Waals surface area contributed by atoms with Gasteiger partial charge in [0.05, 0.1) is 0 Å². The highest BCUT2D eigenvalue weighted by Gasteiger charge is 2.13. The van der Waals surface area contributed by atoms with Gasteiger partial charge in [0.1, 0.15) is 0 Å². The lowest BCUT2D eigenvalue weighted by molar-refractivity contribution is 0.425. The Bertz CT molecular complexity index is 315. The maximum atomic E-state index is 8.92. The Balaban J connectivity index is 3.22. The van der Waals surface area contributed by atoms with Crippen molar-refractivity contribution < 1.29 is 10.0 Å². The summed E-state index contributed by atoms with van der Waals surface area (Å²) in [5.41, 5.74) is 13.8. The first-order valence-corrected chi connectivity index (χ1v) is 4.01. The largest absolute Gasteiger partial charge is 0.488 e. The molecule has 1 aromatic rings. The monoisotopic (exact) mass is 180 g/mol. The zero-order chi connectivity index (χ0) is 10.0. The molecule has 0 aliphatic carbocycles. The molecule has 0 radical (unpaired) electrons. The summed E-state index contributed by atoms with van der Waals surface area (Å²) >= 11 is 0. The Labute approximate surface area is 77.3 Å². The third kappa shape index (κ3) is 2.00. The molecule has 1 aromatic carbocycles. The highest BCUT2D eigenvalue weighted by molar-refractivity contribution is 6.58. The minimum absolute atomic E-state index is 0.344. The van der Waals surface area contributed by atoms with Gasteiger partial charge in [-0.3, -0.25) is 0 Å². The number of anilines is 1. The fourth-order valence-electron chi connectivity index (χ4n) is 1.19. The highest BCUT2D eigenvalue weighted by atomic mass is 16.4. The zero-order valence-corrected chi connectivity index (χ0v) is 7.49. The lowest BCUT2D eigenvalue weighted by Gasteiger charge is -2.09. The molecule has 0 aliphatic rings. The first-order valence-electron chi connectivity index (χ1n) is 4.01. The summed E-state index contributed by atoms with van der Waals surface area (Å²) in [6, 6.07) is 3.19. The first kappa shape index (κ1) is 10.0. The van der Waals surface area contributed by atoms with E-state index in [2.05, 4.69) is 0 Å². The molecule has 0 atom stereocenters. The summed E-state index contributed by atoms with van der Waals surface area (Å²) < 4.78 is 0. The van der Waals surface area contributed by atoms with Crippen molar-refractivity contribution in [2.24, 2.45) is 5.73 Å². The molecular weight excluding hydrogens is 167 g/mol. The lowest BCUT2D eigenvalue weighted by atomic mass is 9.78. The molecule has 0 bridgehead atoms. The summed E-state index contributed by atoms with van der Waals surface area (Å²) in [7, 11) is -1.49. The molecule has 13 heavy (non-hydrogen) atoms. The number of nitrogen functional groups attached to an aromatic ring is 1. The molecule has 0 saturated heterocycles. The van der Waals surface area contributed by atoms with Crippen molar-refractivity contribution >= 4 is 18.3 Å². The molecule has 4 nitrogen and oxygen atoms in total. The molecule has 6 N–H and O–H groups in total. The van der Waals surface area contributed by atoms with Crippen molar-refractivity contribution in [1.82, 2.24) is 0 Å². The third-order valence-electron chi connectivity index (χ3n) is 2.10. The lowest BCUT2D eigenvalue weighted by Crippen LogP contribution is -2.31. The average Bonchev–Trinajstić information content (AvgIpc) is 2.09. The van der Waals surface area contributed by atoms with Gasteiger partial charge in [-0.05, 0) is 29.6 Å². The number of nitrogens with two attached hydrogens (primary N) is 2. The second-order valence-corrected chi connectivity index (χ2v) is 2.97. The van der Waals surface area contributed by atoms with E-state index in [0.717, 1.165) is 11.1 Å². The topological polar surface area (TPSA) is 92.5 Å². The maximum Gasteiger partial charge on any atom is 0.488 e. The predicted octanol–water partition coefficient (Wildman–Crippen LogP) is -1.28. The van der Waals surface area contributed by atoms with Crippen molar-refractivity contribution in [1.29, 1.82) is 0 Å². The number of benzene rings is 1. The van der Waals surface area contributed by atoms with Gasteiger partial charge in [-0.2, -0.15) is 0 Å². The molecule has 0 fully saturated rings. The molecule has 0 spiro atoms. The minimum Gasteiger partial charge on any atom is -0.423 e. The van der Waals surface area contributed by atoms with Crippen LogP contribution in [0.15, 0.2) is 12.1 Å². The van der Waals surface area contributed by atoms with Crippen LogP contribution in [0.1, 0.15) is 11.1 Å². The van der Waals surface area contributed by atoms with Crippen molar-refractivity contribution in [2.75, 3.05) is 5.73 Å². The van der Waals surface area contributed by atoms with E-state index in [1.807, 2.05) is 6.92 Å². The van der Waals surface area contributed by atoms with Crippen LogP contribution in [0.2, 0.25) is 0 Å². The van der Waals surface area contributed by atoms with Gasteiger partial charge >= 0.3 is 7.12 Å². The second-order valence-electron chi connectivity index (χ2n) is 2.97. The molecule has 0 unspecified atom stereocenters. The Hall–Kier alpha value is -1.04. The van der Waals surface area contributed by atoms with E-state index in [-0.39, 0.29) is 0 Å². The number of hydrogen-bond acceptors (Lipinski definition) is 4. The number of rotatable bonds is 2. The van der Waals surface area contributed by atoms with Crippen LogP contribution in [0.25, 0.3) is 0 Å². The van der Waals surface area contributed by atoms with E-state index in [1.165, 1.54) is 0 Å². The van der Waals surface area contributed by atoms with E-state index < -0.39 is 7.12 Å². The summed E-state index contributed by atoms with van der Waals surface area (Å²) in [6.45, 7) is 2.20. The van der Waals surface area contributed by atoms with Gasteiger partial charge in [-0.1, -0.05) is 6.07 Å². The van der Waals surface area contributed by atoms with Gasteiger partial charge in [0.2, 0.25) is 0 Å². The van der Waals surface area contributed by atoms with E-state index in [4.69, 9.17) is 21.5 Å². The van der Waals surface area contributed by atoms with Gasteiger partial charge in [0.15, 0.2) is 0 Å². The summed E-state index contributed by atoms with van der Waals surface area (Å²) in [6.07, 6.45) is 0. The van der Waals surface area contributed by atoms with Crippen LogP contribution < -0.4 is 16.9 Å². The SMILES string of the molecule is Cc1c(N)cc(B(O)O)cc1CN. The normalized spacial score (nSPS) is 10.2. The van der Waals surface area contributed by atoms with Crippen LogP contribution in [0.5, 0.6) is 0 Å². The summed E-state index contributed by atoms with van der Waals surface area (Å²) in [5.74, 6) is 0. The Morgan fingerprint density at radius 1 is 1.38 bits per heavy atom. The van der Waals surface area contributed by atoms with Crippen LogP contribution >= 0.6 is 0 Å². The van der Waals surface area contributed by atoms with Crippen molar-refractivity contribution in [3.8, 4) is 0 Å². The van der Waals surface area contributed by atoms with Crippen molar-refractivity contribution in [2.45, 2.75) is 13.5 Å². The van der Waals surface area contributed by atoms with Gasteiger partial charge in [-0.15, -0.1) is 0 Å². The van der Waals surface area contributed by atoms with Gasteiger partial charge in [0, 0.05) is 12.2 Å². The van der Waals surface area contributed by atoms with E-state index in [0.29, 0.717) is 17.7 Å². The standard InChI is InChI=1S/C8H13BN2O2/c1-5-6(4-10)2-7(9(12)13)3-8(5)11/h2-3,12-13H,4,10-11H2,1H3. The molecule has 5 heteroatoms. The Morgan fingerprint density at radius 3 is 2.46 bits per heavy atom. The quantitative estimate of drug-likeness (QED) is 0.336. The molecule has 70 valence electrons. The minimum atomic E-state index is -1.49. The molecule has 0 aromatic heterocycles. The molecule has 0 amide bonds. The molecule has 1 rings (SSSR count). The van der Waals surface area contributed by atoms with Crippen molar-refractivity contribution in [3.05, 3.63) is 23.3 Å². The summed E-state index contributed by atoms with van der Waals surface area (Å²) in [5, 5.41) is 17.8.